The maximum absolute atomic E-state index is 12.0. The average molecular weight is 355 g/mol. The van der Waals surface area contributed by atoms with Crippen molar-refractivity contribution in [1.29, 1.82) is 0 Å². The third-order valence-electron chi connectivity index (χ3n) is 3.82. The second-order valence-corrected chi connectivity index (χ2v) is 6.80. The molecular weight excluding hydrogens is 334 g/mol. The number of hydrogen-bond acceptors (Lipinski definition) is 5. The minimum Gasteiger partial charge on any atom is -0.355 e. The van der Waals surface area contributed by atoms with Crippen molar-refractivity contribution in [3.05, 3.63) is 48.0 Å². The Balaban J connectivity index is 1.44. The predicted octanol–water partition coefficient (Wildman–Crippen LogP) is 2.74. The summed E-state index contributed by atoms with van der Waals surface area (Å²) in [6, 6.07) is 9.87. The molecule has 0 unspecified atom stereocenters. The Morgan fingerprint density at radius 3 is 2.88 bits per heavy atom. The van der Waals surface area contributed by atoms with Crippen LogP contribution in [0.25, 0.3) is 10.9 Å². The SMILES string of the molecule is Cc1cc(C)n(CCCNC(=O)CSc2ncnc3ccccc23)n1. The van der Waals surface area contributed by atoms with Gasteiger partial charge in [0.1, 0.15) is 11.4 Å². The third-order valence-corrected chi connectivity index (χ3v) is 4.82. The zero-order valence-electron chi connectivity index (χ0n) is 14.4. The molecule has 25 heavy (non-hydrogen) atoms. The van der Waals surface area contributed by atoms with Gasteiger partial charge in [0.15, 0.2) is 0 Å². The fraction of sp³-hybridized carbons (Fsp3) is 0.333. The molecule has 6 nitrogen and oxygen atoms in total. The van der Waals surface area contributed by atoms with Crippen molar-refractivity contribution in [2.24, 2.45) is 0 Å². The number of benzene rings is 1. The van der Waals surface area contributed by atoms with Gasteiger partial charge >= 0.3 is 0 Å². The van der Waals surface area contributed by atoms with Crippen LogP contribution in [-0.4, -0.2) is 38.0 Å². The summed E-state index contributed by atoms with van der Waals surface area (Å²) in [4.78, 5) is 20.6. The van der Waals surface area contributed by atoms with E-state index < -0.39 is 0 Å². The number of nitrogens with zero attached hydrogens (tertiary/aromatic N) is 4. The highest BCUT2D eigenvalue weighted by molar-refractivity contribution is 8.00. The van der Waals surface area contributed by atoms with Crippen LogP contribution >= 0.6 is 11.8 Å². The molecule has 0 saturated heterocycles. The maximum Gasteiger partial charge on any atom is 0.230 e. The average Bonchev–Trinajstić information content (AvgIpc) is 2.94. The minimum atomic E-state index is 0.0149. The van der Waals surface area contributed by atoms with Crippen LogP contribution in [-0.2, 0) is 11.3 Å². The second kappa shape index (κ2) is 8.11. The summed E-state index contributed by atoms with van der Waals surface area (Å²) in [5.41, 5.74) is 3.07. The van der Waals surface area contributed by atoms with Crippen LogP contribution < -0.4 is 5.32 Å². The molecule has 1 amide bonds. The van der Waals surface area contributed by atoms with Gasteiger partial charge in [-0.1, -0.05) is 30.0 Å². The number of nitrogens with one attached hydrogen (secondary N) is 1. The molecule has 7 heteroatoms. The van der Waals surface area contributed by atoms with Gasteiger partial charge in [-0.25, -0.2) is 9.97 Å². The molecule has 0 aliphatic rings. The molecule has 0 radical (unpaired) electrons. The number of amides is 1. The van der Waals surface area contributed by atoms with E-state index >= 15 is 0 Å². The number of thioether (sulfide) groups is 1. The number of fused-ring (bicyclic) bond motifs is 1. The van der Waals surface area contributed by atoms with Gasteiger partial charge in [0, 0.05) is 24.2 Å². The van der Waals surface area contributed by atoms with E-state index in [2.05, 4.69) is 26.4 Å². The van der Waals surface area contributed by atoms with E-state index in [0.29, 0.717) is 12.3 Å². The summed E-state index contributed by atoms with van der Waals surface area (Å²) in [6.07, 6.45) is 2.39. The number of rotatable bonds is 7. The van der Waals surface area contributed by atoms with E-state index in [1.165, 1.54) is 18.1 Å². The fourth-order valence-electron chi connectivity index (χ4n) is 2.64. The summed E-state index contributed by atoms with van der Waals surface area (Å²) in [6.45, 7) is 5.48. The summed E-state index contributed by atoms with van der Waals surface area (Å²) < 4.78 is 1.98. The van der Waals surface area contributed by atoms with Gasteiger partial charge in [0.05, 0.1) is 17.0 Å². The van der Waals surface area contributed by atoms with Gasteiger partial charge in [-0.2, -0.15) is 5.10 Å². The zero-order chi connectivity index (χ0) is 17.6. The quantitative estimate of drug-likeness (QED) is 0.401. The van der Waals surface area contributed by atoms with Crippen LogP contribution in [0, 0.1) is 13.8 Å². The Bertz CT molecular complexity index is 872. The Morgan fingerprint density at radius 2 is 2.08 bits per heavy atom. The van der Waals surface area contributed by atoms with Crippen LogP contribution in [0.1, 0.15) is 17.8 Å². The molecule has 0 bridgehead atoms. The summed E-state index contributed by atoms with van der Waals surface area (Å²) in [7, 11) is 0. The van der Waals surface area contributed by atoms with Crippen molar-refractivity contribution in [1.82, 2.24) is 25.1 Å². The van der Waals surface area contributed by atoms with E-state index in [1.54, 1.807) is 0 Å². The Hall–Kier alpha value is -2.41. The number of hydrogen-bond donors (Lipinski definition) is 1. The van der Waals surface area contributed by atoms with Gasteiger partial charge in [0.25, 0.3) is 0 Å². The van der Waals surface area contributed by atoms with Gasteiger partial charge in [-0.15, -0.1) is 0 Å². The first-order valence-electron chi connectivity index (χ1n) is 8.24. The highest BCUT2D eigenvalue weighted by atomic mass is 32.2. The van der Waals surface area contributed by atoms with Crippen LogP contribution in [0.2, 0.25) is 0 Å². The topological polar surface area (TPSA) is 72.7 Å². The summed E-state index contributed by atoms with van der Waals surface area (Å²) >= 11 is 1.44. The van der Waals surface area contributed by atoms with Crippen molar-refractivity contribution in [2.75, 3.05) is 12.3 Å². The number of para-hydroxylation sites is 1. The first kappa shape index (κ1) is 17.4. The van der Waals surface area contributed by atoms with Crippen molar-refractivity contribution < 1.29 is 4.79 Å². The molecule has 3 rings (SSSR count). The molecule has 0 spiro atoms. The van der Waals surface area contributed by atoms with Gasteiger partial charge in [0.2, 0.25) is 5.91 Å². The van der Waals surface area contributed by atoms with Gasteiger partial charge in [-0.05, 0) is 32.4 Å². The third kappa shape index (κ3) is 4.57. The monoisotopic (exact) mass is 355 g/mol. The fourth-order valence-corrected chi connectivity index (χ4v) is 3.46. The highest BCUT2D eigenvalue weighted by Crippen LogP contribution is 2.23. The van der Waals surface area contributed by atoms with E-state index in [1.807, 2.05) is 42.8 Å². The summed E-state index contributed by atoms with van der Waals surface area (Å²) in [5.74, 6) is 0.363. The Morgan fingerprint density at radius 1 is 1.24 bits per heavy atom. The molecule has 2 aromatic heterocycles. The van der Waals surface area contributed by atoms with Crippen LogP contribution in [0.15, 0.2) is 41.7 Å². The zero-order valence-corrected chi connectivity index (χ0v) is 15.2. The van der Waals surface area contributed by atoms with Gasteiger partial charge < -0.3 is 5.32 Å². The molecule has 0 aliphatic heterocycles. The largest absolute Gasteiger partial charge is 0.355 e. The van der Waals surface area contributed by atoms with Crippen LogP contribution in [0.5, 0.6) is 0 Å². The normalized spacial score (nSPS) is 11.0. The first-order chi connectivity index (χ1) is 12.1. The van der Waals surface area contributed by atoms with Crippen LogP contribution in [0.4, 0.5) is 0 Å². The number of carbonyl (C=O) groups is 1. The lowest BCUT2D eigenvalue weighted by Crippen LogP contribution is -2.27. The molecule has 0 fully saturated rings. The van der Waals surface area contributed by atoms with Crippen molar-refractivity contribution in [3.8, 4) is 0 Å². The predicted molar refractivity (Wildman–Crippen MR) is 99.6 cm³/mol. The minimum absolute atomic E-state index is 0.0149. The highest BCUT2D eigenvalue weighted by Gasteiger charge is 2.07. The molecule has 3 aromatic rings. The van der Waals surface area contributed by atoms with Gasteiger partial charge in [-0.3, -0.25) is 9.48 Å². The number of aromatic nitrogens is 4. The lowest BCUT2D eigenvalue weighted by atomic mass is 10.2. The molecular formula is C18H21N5OS. The second-order valence-electron chi connectivity index (χ2n) is 5.84. The smallest absolute Gasteiger partial charge is 0.230 e. The van der Waals surface area contributed by atoms with E-state index in [0.717, 1.165) is 40.3 Å². The molecule has 1 N–H and O–H groups in total. The van der Waals surface area contributed by atoms with E-state index in [-0.39, 0.29) is 5.91 Å². The lowest BCUT2D eigenvalue weighted by molar-refractivity contribution is -0.118. The maximum atomic E-state index is 12.0. The molecule has 2 heterocycles. The van der Waals surface area contributed by atoms with Crippen molar-refractivity contribution in [3.63, 3.8) is 0 Å². The van der Waals surface area contributed by atoms with E-state index in [4.69, 9.17) is 0 Å². The summed E-state index contributed by atoms with van der Waals surface area (Å²) in [5, 5.41) is 9.19. The first-order valence-corrected chi connectivity index (χ1v) is 9.22. The van der Waals surface area contributed by atoms with Crippen molar-refractivity contribution in [2.45, 2.75) is 31.8 Å². The van der Waals surface area contributed by atoms with Crippen LogP contribution in [0.3, 0.4) is 0 Å². The van der Waals surface area contributed by atoms with Crippen molar-refractivity contribution >= 4 is 28.6 Å². The molecule has 1 aromatic carbocycles. The number of carbonyl (C=O) groups excluding carboxylic acids is 1. The van der Waals surface area contributed by atoms with E-state index in [9.17, 15) is 4.79 Å². The molecule has 0 aliphatic carbocycles. The molecule has 130 valence electrons. The lowest BCUT2D eigenvalue weighted by Gasteiger charge is -2.07. The standard InChI is InChI=1S/C18H21N5OS/c1-13-10-14(2)23(22-13)9-5-8-19-17(24)11-25-18-15-6-3-4-7-16(15)20-12-21-18/h3-4,6-7,10,12H,5,8-9,11H2,1-2H3,(H,19,24). The molecule has 0 atom stereocenters. The Kier molecular flexibility index (Phi) is 5.65. The number of aryl methyl sites for hydroxylation is 3. The molecule has 0 saturated carbocycles. The Labute approximate surface area is 151 Å².